The zero-order chi connectivity index (χ0) is 8.85. The Bertz CT molecular complexity index is 160. The van der Waals surface area contributed by atoms with Gasteiger partial charge in [-0.05, 0) is 7.05 Å². The van der Waals surface area contributed by atoms with Crippen molar-refractivity contribution in [3.05, 3.63) is 0 Å². The van der Waals surface area contributed by atoms with Crippen molar-refractivity contribution in [1.29, 1.82) is 0 Å². The summed E-state index contributed by atoms with van der Waals surface area (Å²) in [4.78, 5) is 12.6. The molecule has 0 unspecified atom stereocenters. The number of rotatable bonds is 5. The summed E-state index contributed by atoms with van der Waals surface area (Å²) in [6.45, 7) is 0.931. The Labute approximate surface area is 71.5 Å². The average Bonchev–Trinajstić information content (AvgIpc) is 1.82. The number of hydrogen-bond acceptors (Lipinski definition) is 3. The first-order chi connectivity index (χ1) is 5.02. The molecule has 0 bridgehead atoms. The monoisotopic (exact) mass is 175 g/mol. The molecule has 1 amide bonds. The van der Waals surface area contributed by atoms with E-state index in [1.165, 1.54) is 0 Å². The van der Waals surface area contributed by atoms with E-state index in [1.54, 1.807) is 11.9 Å². The maximum absolute atomic E-state index is 10.4. The van der Waals surface area contributed by atoms with Crippen molar-refractivity contribution < 1.29 is 4.79 Å². The van der Waals surface area contributed by atoms with Gasteiger partial charge >= 0.3 is 0 Å². The van der Waals surface area contributed by atoms with E-state index in [-0.39, 0.29) is 12.5 Å². The summed E-state index contributed by atoms with van der Waals surface area (Å²) >= 11 is 4.66. The van der Waals surface area contributed by atoms with Gasteiger partial charge in [-0.25, -0.2) is 0 Å². The third kappa shape index (κ3) is 7.21. The fourth-order valence-electron chi connectivity index (χ4n) is 0.646. The molecule has 0 aromatic heterocycles. The van der Waals surface area contributed by atoms with Gasteiger partial charge in [0.15, 0.2) is 0 Å². The van der Waals surface area contributed by atoms with Crippen molar-refractivity contribution in [3.63, 3.8) is 0 Å². The van der Waals surface area contributed by atoms with E-state index in [0.717, 1.165) is 0 Å². The highest BCUT2D eigenvalue weighted by molar-refractivity contribution is 7.80. The minimum Gasteiger partial charge on any atom is -0.393 e. The minimum atomic E-state index is -0.338. The summed E-state index contributed by atoms with van der Waals surface area (Å²) in [6.07, 6.45) is 0.624. The third-order valence-electron chi connectivity index (χ3n) is 1.17. The second-order valence-electron chi connectivity index (χ2n) is 2.42. The maximum atomic E-state index is 10.4. The van der Waals surface area contributed by atoms with Crippen LogP contribution in [-0.4, -0.2) is 35.9 Å². The van der Waals surface area contributed by atoms with Crippen molar-refractivity contribution in [2.45, 2.75) is 6.42 Å². The number of nitrogens with zero attached hydrogens (tertiary/aromatic N) is 1. The van der Waals surface area contributed by atoms with Crippen LogP contribution in [0.25, 0.3) is 0 Å². The van der Waals surface area contributed by atoms with Crippen LogP contribution in [0.3, 0.4) is 0 Å². The van der Waals surface area contributed by atoms with Crippen molar-refractivity contribution in [2.75, 3.05) is 20.1 Å². The molecule has 0 heterocycles. The fraction of sp³-hybridized carbons (Fsp3) is 0.667. The molecule has 64 valence electrons. The summed E-state index contributed by atoms with van der Waals surface area (Å²) in [5, 5.41) is 0. The Hall–Kier alpha value is -0.680. The molecule has 0 aromatic carbocycles. The lowest BCUT2D eigenvalue weighted by Crippen LogP contribution is -2.32. The van der Waals surface area contributed by atoms with E-state index >= 15 is 0 Å². The largest absolute Gasteiger partial charge is 0.393 e. The van der Waals surface area contributed by atoms with Crippen LogP contribution in [-0.2, 0) is 4.79 Å². The fourth-order valence-corrected chi connectivity index (χ4v) is 0.737. The average molecular weight is 175 g/mol. The van der Waals surface area contributed by atoms with Crippen LogP contribution in [0.5, 0.6) is 0 Å². The van der Waals surface area contributed by atoms with Gasteiger partial charge in [-0.1, -0.05) is 12.2 Å². The van der Waals surface area contributed by atoms with Crippen molar-refractivity contribution in [3.8, 4) is 0 Å². The quantitative estimate of drug-likeness (QED) is 0.530. The molecule has 0 spiro atoms. The highest BCUT2D eigenvalue weighted by atomic mass is 32.1. The Morgan fingerprint density at radius 3 is 2.45 bits per heavy atom. The third-order valence-corrected chi connectivity index (χ3v) is 1.37. The van der Waals surface area contributed by atoms with E-state index in [2.05, 4.69) is 12.2 Å². The molecule has 0 aliphatic heterocycles. The molecule has 0 radical (unpaired) electrons. The molecule has 4 N–H and O–H groups in total. The zero-order valence-corrected chi connectivity index (χ0v) is 7.36. The summed E-state index contributed by atoms with van der Waals surface area (Å²) in [5.74, 6) is -0.338. The van der Waals surface area contributed by atoms with Crippen LogP contribution in [0.4, 0.5) is 0 Å². The van der Waals surface area contributed by atoms with E-state index in [1.807, 2.05) is 0 Å². The number of amides is 1. The standard InChI is InChI=1S/C6H13N3OS/c1-9(4-5(7)10)3-2-6(8)11/h2-4H2,1H3,(H2,7,10)(H2,8,11). The molecule has 0 aliphatic rings. The van der Waals surface area contributed by atoms with Gasteiger partial charge in [0.1, 0.15) is 0 Å². The highest BCUT2D eigenvalue weighted by Gasteiger charge is 2.01. The molecule has 0 saturated carbocycles. The number of primary amides is 1. The first-order valence-electron chi connectivity index (χ1n) is 3.27. The summed E-state index contributed by atoms with van der Waals surface area (Å²) < 4.78 is 0. The predicted octanol–water partition coefficient (Wildman–Crippen LogP) is -0.920. The van der Waals surface area contributed by atoms with Crippen LogP contribution >= 0.6 is 12.2 Å². The number of likely N-dealkylation sites (N-methyl/N-ethyl adjacent to an activating group) is 1. The smallest absolute Gasteiger partial charge is 0.231 e. The first-order valence-corrected chi connectivity index (χ1v) is 3.68. The van der Waals surface area contributed by atoms with Gasteiger partial charge < -0.3 is 11.5 Å². The molecule has 0 atom stereocenters. The van der Waals surface area contributed by atoms with Crippen LogP contribution in [0.1, 0.15) is 6.42 Å². The van der Waals surface area contributed by atoms with Gasteiger partial charge in [-0.3, -0.25) is 9.69 Å². The zero-order valence-electron chi connectivity index (χ0n) is 6.54. The number of carbonyl (C=O) groups is 1. The number of carbonyl (C=O) groups excluding carboxylic acids is 1. The Morgan fingerprint density at radius 2 is 2.09 bits per heavy atom. The molecule has 0 rings (SSSR count). The topological polar surface area (TPSA) is 72.3 Å². The van der Waals surface area contributed by atoms with Crippen LogP contribution in [0, 0.1) is 0 Å². The number of thiocarbonyl (C=S) groups is 1. The molecule has 5 heteroatoms. The Balaban J connectivity index is 3.44. The van der Waals surface area contributed by atoms with Crippen molar-refractivity contribution in [2.24, 2.45) is 11.5 Å². The number of nitrogens with two attached hydrogens (primary N) is 2. The second-order valence-corrected chi connectivity index (χ2v) is 2.94. The first kappa shape index (κ1) is 10.3. The van der Waals surface area contributed by atoms with Gasteiger partial charge in [0.2, 0.25) is 5.91 Å². The van der Waals surface area contributed by atoms with Gasteiger partial charge in [0.05, 0.1) is 11.5 Å². The molecule has 0 saturated heterocycles. The molecule has 0 aromatic rings. The molecule has 0 aliphatic carbocycles. The minimum absolute atomic E-state index is 0.253. The second kappa shape index (κ2) is 5.03. The maximum Gasteiger partial charge on any atom is 0.231 e. The normalized spacial score (nSPS) is 10.0. The van der Waals surface area contributed by atoms with E-state index < -0.39 is 0 Å². The molecule has 4 nitrogen and oxygen atoms in total. The summed E-state index contributed by atoms with van der Waals surface area (Å²) in [5.41, 5.74) is 10.2. The Morgan fingerprint density at radius 1 is 1.55 bits per heavy atom. The van der Waals surface area contributed by atoms with Crippen LogP contribution in [0.15, 0.2) is 0 Å². The van der Waals surface area contributed by atoms with E-state index in [0.29, 0.717) is 18.0 Å². The highest BCUT2D eigenvalue weighted by Crippen LogP contribution is 1.86. The van der Waals surface area contributed by atoms with E-state index in [9.17, 15) is 4.79 Å². The van der Waals surface area contributed by atoms with Crippen LogP contribution in [0.2, 0.25) is 0 Å². The van der Waals surface area contributed by atoms with Crippen LogP contribution < -0.4 is 11.5 Å². The summed E-state index contributed by atoms with van der Waals surface area (Å²) in [6, 6.07) is 0. The lowest BCUT2D eigenvalue weighted by atomic mass is 10.4. The van der Waals surface area contributed by atoms with Gasteiger partial charge in [-0.2, -0.15) is 0 Å². The van der Waals surface area contributed by atoms with Crippen molar-refractivity contribution in [1.82, 2.24) is 4.90 Å². The molecule has 11 heavy (non-hydrogen) atoms. The van der Waals surface area contributed by atoms with Gasteiger partial charge in [0, 0.05) is 13.0 Å². The molecule has 0 fully saturated rings. The molecular formula is C6H13N3OS. The lowest BCUT2D eigenvalue weighted by molar-refractivity contribution is -0.118. The van der Waals surface area contributed by atoms with Gasteiger partial charge in [-0.15, -0.1) is 0 Å². The SMILES string of the molecule is CN(CCC(N)=S)CC(N)=O. The lowest BCUT2D eigenvalue weighted by Gasteiger charge is -2.12. The Kier molecular flexibility index (Phi) is 4.72. The molecular weight excluding hydrogens is 162 g/mol. The van der Waals surface area contributed by atoms with E-state index in [4.69, 9.17) is 11.5 Å². The van der Waals surface area contributed by atoms with Crippen molar-refractivity contribution >= 4 is 23.1 Å². The predicted molar refractivity (Wildman–Crippen MR) is 48.1 cm³/mol. The van der Waals surface area contributed by atoms with Gasteiger partial charge in [0.25, 0.3) is 0 Å². The summed E-state index contributed by atoms with van der Waals surface area (Å²) in [7, 11) is 1.79. The number of hydrogen-bond donors (Lipinski definition) is 2.